The SMILES string of the molecule is C=C(C)COc1cc(C)c2c(c1)O/C(=C\c1ccc(CC)cc1)C2=O. The lowest BCUT2D eigenvalue weighted by Gasteiger charge is -2.08. The van der Waals surface area contributed by atoms with Crippen molar-refractivity contribution in [3.63, 3.8) is 0 Å². The zero-order valence-electron chi connectivity index (χ0n) is 14.9. The topological polar surface area (TPSA) is 35.5 Å². The Bertz CT molecular complexity index is 858. The van der Waals surface area contributed by atoms with Gasteiger partial charge in [-0.3, -0.25) is 4.79 Å². The van der Waals surface area contributed by atoms with Crippen molar-refractivity contribution in [1.82, 2.24) is 0 Å². The summed E-state index contributed by atoms with van der Waals surface area (Å²) in [5.41, 5.74) is 4.61. The normalized spacial score (nSPS) is 14.4. The number of allylic oxidation sites excluding steroid dienone is 1. The molecule has 3 nitrogen and oxygen atoms in total. The summed E-state index contributed by atoms with van der Waals surface area (Å²) in [6.07, 6.45) is 2.78. The second-order valence-corrected chi connectivity index (χ2v) is 6.39. The van der Waals surface area contributed by atoms with Gasteiger partial charge in [0.15, 0.2) is 5.76 Å². The summed E-state index contributed by atoms with van der Waals surface area (Å²) in [6.45, 7) is 10.2. The van der Waals surface area contributed by atoms with Crippen molar-refractivity contribution in [2.75, 3.05) is 6.61 Å². The fraction of sp³-hybridized carbons (Fsp3) is 0.227. The largest absolute Gasteiger partial charge is 0.489 e. The highest BCUT2D eigenvalue weighted by molar-refractivity contribution is 6.15. The van der Waals surface area contributed by atoms with Gasteiger partial charge >= 0.3 is 0 Å². The van der Waals surface area contributed by atoms with Crippen LogP contribution in [0.2, 0.25) is 0 Å². The molecule has 0 spiro atoms. The predicted molar refractivity (Wildman–Crippen MR) is 100 cm³/mol. The van der Waals surface area contributed by atoms with Crippen LogP contribution in [0.25, 0.3) is 6.08 Å². The van der Waals surface area contributed by atoms with Gasteiger partial charge < -0.3 is 9.47 Å². The highest BCUT2D eigenvalue weighted by atomic mass is 16.5. The van der Waals surface area contributed by atoms with Gasteiger partial charge in [0.05, 0.1) is 5.56 Å². The van der Waals surface area contributed by atoms with E-state index in [9.17, 15) is 4.79 Å². The third-order valence-electron chi connectivity index (χ3n) is 4.11. The molecule has 2 aromatic rings. The van der Waals surface area contributed by atoms with Crippen LogP contribution in [0.15, 0.2) is 54.3 Å². The molecule has 0 aromatic heterocycles. The molecule has 0 bridgehead atoms. The number of hydrogen-bond acceptors (Lipinski definition) is 3. The maximum Gasteiger partial charge on any atom is 0.232 e. The lowest BCUT2D eigenvalue weighted by Crippen LogP contribution is -2.00. The Hall–Kier alpha value is -2.81. The van der Waals surface area contributed by atoms with E-state index in [0.717, 1.165) is 23.1 Å². The molecule has 0 aliphatic carbocycles. The first-order valence-electron chi connectivity index (χ1n) is 8.43. The Morgan fingerprint density at radius 1 is 1.24 bits per heavy atom. The predicted octanol–water partition coefficient (Wildman–Crippen LogP) is 5.13. The third kappa shape index (κ3) is 3.66. The van der Waals surface area contributed by atoms with Gasteiger partial charge in [0, 0.05) is 6.07 Å². The Balaban J connectivity index is 1.87. The Morgan fingerprint density at radius 3 is 2.60 bits per heavy atom. The molecular formula is C22H22O3. The van der Waals surface area contributed by atoms with Gasteiger partial charge in [-0.25, -0.2) is 0 Å². The fourth-order valence-electron chi connectivity index (χ4n) is 2.77. The van der Waals surface area contributed by atoms with Crippen LogP contribution in [-0.4, -0.2) is 12.4 Å². The molecule has 25 heavy (non-hydrogen) atoms. The summed E-state index contributed by atoms with van der Waals surface area (Å²) >= 11 is 0. The highest BCUT2D eigenvalue weighted by Gasteiger charge is 2.29. The molecule has 0 fully saturated rings. The zero-order valence-corrected chi connectivity index (χ0v) is 14.9. The molecule has 1 heterocycles. The Kier molecular flexibility index (Phi) is 4.75. The van der Waals surface area contributed by atoms with Crippen LogP contribution in [0.4, 0.5) is 0 Å². The Labute approximate surface area is 148 Å². The number of ether oxygens (including phenoxy) is 2. The van der Waals surface area contributed by atoms with Gasteiger partial charge in [-0.1, -0.05) is 37.8 Å². The third-order valence-corrected chi connectivity index (χ3v) is 4.11. The van der Waals surface area contributed by atoms with Crippen LogP contribution in [0.5, 0.6) is 11.5 Å². The molecule has 0 saturated heterocycles. The van der Waals surface area contributed by atoms with Crippen LogP contribution >= 0.6 is 0 Å². The molecule has 1 aliphatic rings. The summed E-state index contributed by atoms with van der Waals surface area (Å²) in [4.78, 5) is 12.7. The average Bonchev–Trinajstić information content (AvgIpc) is 2.90. The molecule has 0 N–H and O–H groups in total. The molecule has 0 radical (unpaired) electrons. The van der Waals surface area contributed by atoms with E-state index >= 15 is 0 Å². The van der Waals surface area contributed by atoms with Crippen molar-refractivity contribution in [2.45, 2.75) is 27.2 Å². The number of ketones is 1. The lowest BCUT2D eigenvalue weighted by molar-refractivity contribution is 0.101. The summed E-state index contributed by atoms with van der Waals surface area (Å²) in [5, 5.41) is 0. The van der Waals surface area contributed by atoms with Crippen LogP contribution < -0.4 is 9.47 Å². The van der Waals surface area contributed by atoms with Gasteiger partial charge in [0.1, 0.15) is 18.1 Å². The van der Waals surface area contributed by atoms with Gasteiger partial charge in [-0.15, -0.1) is 0 Å². The number of rotatable bonds is 5. The number of Topliss-reactive ketones (excluding diaryl/α,β-unsaturated/α-hetero) is 1. The van der Waals surface area contributed by atoms with E-state index in [-0.39, 0.29) is 5.78 Å². The van der Waals surface area contributed by atoms with Crippen molar-refractivity contribution in [1.29, 1.82) is 0 Å². The first-order chi connectivity index (χ1) is 12.0. The van der Waals surface area contributed by atoms with Crippen molar-refractivity contribution in [3.05, 3.63) is 76.6 Å². The van der Waals surface area contributed by atoms with E-state index < -0.39 is 0 Å². The number of hydrogen-bond donors (Lipinski definition) is 0. The zero-order chi connectivity index (χ0) is 18.0. The number of aryl methyl sites for hydroxylation is 2. The minimum Gasteiger partial charge on any atom is -0.489 e. The number of carbonyl (C=O) groups excluding carboxylic acids is 1. The molecule has 0 saturated carbocycles. The smallest absolute Gasteiger partial charge is 0.232 e. The first-order valence-corrected chi connectivity index (χ1v) is 8.43. The molecule has 128 valence electrons. The van der Waals surface area contributed by atoms with Gasteiger partial charge in [0.2, 0.25) is 5.78 Å². The standard InChI is InChI=1S/C22H22O3/c1-5-16-6-8-17(9-7-16)11-20-22(23)21-15(4)10-18(12-19(21)25-20)24-13-14(2)3/h6-12H,2,5,13H2,1,3-4H3/b20-11-. The summed E-state index contributed by atoms with van der Waals surface area (Å²) in [7, 11) is 0. The molecule has 0 unspecified atom stereocenters. The van der Waals surface area contributed by atoms with Gasteiger partial charge in [-0.05, 0) is 54.7 Å². The van der Waals surface area contributed by atoms with Gasteiger partial charge in [0.25, 0.3) is 0 Å². The van der Waals surface area contributed by atoms with Crippen LogP contribution in [0, 0.1) is 6.92 Å². The number of fused-ring (bicyclic) bond motifs is 1. The molecule has 0 atom stereocenters. The van der Waals surface area contributed by atoms with E-state index in [1.165, 1.54) is 5.56 Å². The van der Waals surface area contributed by atoms with E-state index in [0.29, 0.717) is 29.4 Å². The maximum absolute atomic E-state index is 12.7. The van der Waals surface area contributed by atoms with Crippen molar-refractivity contribution >= 4 is 11.9 Å². The quantitative estimate of drug-likeness (QED) is 0.562. The van der Waals surface area contributed by atoms with Crippen LogP contribution in [0.3, 0.4) is 0 Å². The van der Waals surface area contributed by atoms with E-state index in [2.05, 4.69) is 25.6 Å². The van der Waals surface area contributed by atoms with Crippen molar-refractivity contribution < 1.29 is 14.3 Å². The summed E-state index contributed by atoms with van der Waals surface area (Å²) < 4.78 is 11.5. The fourth-order valence-corrected chi connectivity index (χ4v) is 2.77. The van der Waals surface area contributed by atoms with Gasteiger partial charge in [-0.2, -0.15) is 0 Å². The monoisotopic (exact) mass is 334 g/mol. The number of benzene rings is 2. The molecular weight excluding hydrogens is 312 g/mol. The average molecular weight is 334 g/mol. The molecule has 2 aromatic carbocycles. The second kappa shape index (κ2) is 6.98. The van der Waals surface area contributed by atoms with Crippen LogP contribution in [0.1, 0.15) is 40.9 Å². The van der Waals surface area contributed by atoms with Crippen LogP contribution in [-0.2, 0) is 6.42 Å². The second-order valence-electron chi connectivity index (χ2n) is 6.39. The molecule has 3 heteroatoms. The molecule has 1 aliphatic heterocycles. The number of carbonyl (C=O) groups is 1. The van der Waals surface area contributed by atoms with E-state index in [1.54, 1.807) is 12.1 Å². The minimum atomic E-state index is -0.0847. The summed E-state index contributed by atoms with van der Waals surface area (Å²) in [5.74, 6) is 1.50. The van der Waals surface area contributed by atoms with E-state index in [4.69, 9.17) is 9.47 Å². The Morgan fingerprint density at radius 2 is 1.96 bits per heavy atom. The van der Waals surface area contributed by atoms with Crippen molar-refractivity contribution in [2.24, 2.45) is 0 Å². The van der Waals surface area contributed by atoms with E-state index in [1.807, 2.05) is 32.0 Å². The first kappa shape index (κ1) is 17.0. The molecule has 0 amide bonds. The summed E-state index contributed by atoms with van der Waals surface area (Å²) in [6, 6.07) is 11.8. The minimum absolute atomic E-state index is 0.0847. The lowest BCUT2D eigenvalue weighted by atomic mass is 10.0. The van der Waals surface area contributed by atoms with Crippen molar-refractivity contribution in [3.8, 4) is 11.5 Å². The maximum atomic E-state index is 12.7. The highest BCUT2D eigenvalue weighted by Crippen LogP contribution is 2.37. The molecule has 3 rings (SSSR count).